The average molecular weight is 334 g/mol. The number of hydrogen-bond donors (Lipinski definition) is 1. The fraction of sp³-hybridized carbons (Fsp3) is 0.125. The number of benzene rings is 1. The molecule has 0 bridgehead atoms. The molecule has 0 saturated heterocycles. The summed E-state index contributed by atoms with van der Waals surface area (Å²) >= 11 is 7.14. The predicted octanol–water partition coefficient (Wildman–Crippen LogP) is 3.28. The summed E-state index contributed by atoms with van der Waals surface area (Å²) < 4.78 is 0. The van der Waals surface area contributed by atoms with Gasteiger partial charge in [0.2, 0.25) is 0 Å². The quantitative estimate of drug-likeness (QED) is 0.873. The molecule has 2 heterocycles. The summed E-state index contributed by atoms with van der Waals surface area (Å²) in [5, 5.41) is 12.4. The Morgan fingerprint density at radius 2 is 1.82 bits per heavy atom. The number of amides is 2. The second-order valence-electron chi connectivity index (χ2n) is 4.84. The Balaban J connectivity index is 1.75. The minimum atomic E-state index is -0.637. The molecule has 1 N–H and O–H groups in total. The van der Waals surface area contributed by atoms with Crippen molar-refractivity contribution in [2.45, 2.75) is 6.42 Å². The van der Waals surface area contributed by atoms with Gasteiger partial charge in [-0.2, -0.15) is 0 Å². The van der Waals surface area contributed by atoms with E-state index in [1.54, 1.807) is 29.6 Å². The Labute approximate surface area is 136 Å². The topological polar surface area (TPSA) is 57.6 Å². The standard InChI is InChI=1S/C16H12ClNO3S/c17-11-5-3-10(4-6-11)7-8-18-15(20)13(14(19)16(18)21)12-2-1-9-22-12/h1-6,9,19H,7-8H2. The van der Waals surface area contributed by atoms with Crippen LogP contribution in [-0.4, -0.2) is 28.4 Å². The lowest BCUT2D eigenvalue weighted by molar-refractivity contribution is -0.138. The second kappa shape index (κ2) is 5.94. The minimum Gasteiger partial charge on any atom is -0.502 e. The molecule has 0 saturated carbocycles. The number of carbonyl (C=O) groups excluding carboxylic acids is 2. The molecule has 0 fully saturated rings. The summed E-state index contributed by atoms with van der Waals surface area (Å²) in [6.07, 6.45) is 0.514. The van der Waals surface area contributed by atoms with E-state index in [1.807, 2.05) is 12.1 Å². The van der Waals surface area contributed by atoms with Crippen molar-refractivity contribution in [1.29, 1.82) is 0 Å². The van der Waals surface area contributed by atoms with Crippen LogP contribution in [0.3, 0.4) is 0 Å². The highest BCUT2D eigenvalue weighted by molar-refractivity contribution is 7.11. The van der Waals surface area contributed by atoms with E-state index >= 15 is 0 Å². The molecular weight excluding hydrogens is 322 g/mol. The van der Waals surface area contributed by atoms with Gasteiger partial charge in [0.05, 0.1) is 0 Å². The molecular formula is C16H12ClNO3S. The zero-order valence-electron chi connectivity index (χ0n) is 11.5. The van der Waals surface area contributed by atoms with Gasteiger partial charge in [0.1, 0.15) is 5.57 Å². The monoisotopic (exact) mass is 333 g/mol. The number of aliphatic hydroxyl groups is 1. The number of hydrogen-bond acceptors (Lipinski definition) is 4. The SMILES string of the molecule is O=C1C(O)=C(c2cccs2)C(=O)N1CCc1ccc(Cl)cc1. The summed E-state index contributed by atoms with van der Waals surface area (Å²) in [5.41, 5.74) is 1.06. The molecule has 22 heavy (non-hydrogen) atoms. The van der Waals surface area contributed by atoms with Gasteiger partial charge in [0.25, 0.3) is 11.8 Å². The van der Waals surface area contributed by atoms with Crippen LogP contribution in [0, 0.1) is 0 Å². The highest BCUT2D eigenvalue weighted by Crippen LogP contribution is 2.30. The van der Waals surface area contributed by atoms with E-state index in [2.05, 4.69) is 0 Å². The number of nitrogens with zero attached hydrogens (tertiary/aromatic N) is 1. The molecule has 1 aromatic carbocycles. The number of imide groups is 1. The van der Waals surface area contributed by atoms with Crippen LogP contribution in [0.1, 0.15) is 10.4 Å². The molecule has 1 aliphatic heterocycles. The second-order valence-corrected chi connectivity index (χ2v) is 6.22. The molecule has 0 radical (unpaired) electrons. The molecule has 0 unspecified atom stereocenters. The van der Waals surface area contributed by atoms with Gasteiger partial charge < -0.3 is 5.11 Å². The van der Waals surface area contributed by atoms with Crippen molar-refractivity contribution in [2.24, 2.45) is 0 Å². The van der Waals surface area contributed by atoms with Crippen LogP contribution in [0.5, 0.6) is 0 Å². The van der Waals surface area contributed by atoms with E-state index in [9.17, 15) is 14.7 Å². The van der Waals surface area contributed by atoms with Crippen LogP contribution in [0.2, 0.25) is 5.02 Å². The Hall–Kier alpha value is -2.11. The summed E-state index contributed by atoms with van der Waals surface area (Å²) in [7, 11) is 0. The van der Waals surface area contributed by atoms with Crippen LogP contribution >= 0.6 is 22.9 Å². The van der Waals surface area contributed by atoms with Gasteiger partial charge in [0.15, 0.2) is 5.76 Å². The third-order valence-corrected chi connectivity index (χ3v) is 4.59. The lowest BCUT2D eigenvalue weighted by atomic mass is 10.1. The van der Waals surface area contributed by atoms with Gasteiger partial charge in [-0.15, -0.1) is 11.3 Å². The largest absolute Gasteiger partial charge is 0.502 e. The van der Waals surface area contributed by atoms with Crippen LogP contribution < -0.4 is 0 Å². The van der Waals surface area contributed by atoms with E-state index in [0.29, 0.717) is 16.3 Å². The molecule has 6 heteroatoms. The number of halogens is 1. The summed E-state index contributed by atoms with van der Waals surface area (Å²) in [6, 6.07) is 10.7. The molecule has 2 aromatic rings. The highest BCUT2D eigenvalue weighted by atomic mass is 35.5. The fourth-order valence-electron chi connectivity index (χ4n) is 2.30. The van der Waals surface area contributed by atoms with E-state index in [4.69, 9.17) is 11.6 Å². The van der Waals surface area contributed by atoms with Crippen molar-refractivity contribution < 1.29 is 14.7 Å². The zero-order chi connectivity index (χ0) is 15.7. The van der Waals surface area contributed by atoms with Crippen LogP contribution in [0.4, 0.5) is 0 Å². The number of carbonyl (C=O) groups is 2. The van der Waals surface area contributed by atoms with Crippen molar-refractivity contribution in [3.63, 3.8) is 0 Å². The molecule has 2 amide bonds. The maximum atomic E-state index is 12.4. The summed E-state index contributed by atoms with van der Waals surface area (Å²) in [6.45, 7) is 0.220. The number of thiophene rings is 1. The maximum absolute atomic E-state index is 12.4. The van der Waals surface area contributed by atoms with E-state index in [1.165, 1.54) is 11.3 Å². The highest BCUT2D eigenvalue weighted by Gasteiger charge is 2.39. The van der Waals surface area contributed by atoms with Gasteiger partial charge in [-0.25, -0.2) is 0 Å². The van der Waals surface area contributed by atoms with E-state index < -0.39 is 17.6 Å². The molecule has 3 rings (SSSR count). The molecule has 1 aromatic heterocycles. The Morgan fingerprint density at radius 3 is 2.45 bits per heavy atom. The first kappa shape index (κ1) is 14.8. The lowest BCUT2D eigenvalue weighted by Crippen LogP contribution is -2.33. The van der Waals surface area contributed by atoms with Crippen LogP contribution in [0.25, 0.3) is 5.57 Å². The molecule has 0 atom stereocenters. The average Bonchev–Trinajstić information content (AvgIpc) is 3.09. The van der Waals surface area contributed by atoms with Crippen molar-refractivity contribution in [3.05, 3.63) is 63.0 Å². The first-order chi connectivity index (χ1) is 10.6. The number of rotatable bonds is 4. The van der Waals surface area contributed by atoms with Gasteiger partial charge >= 0.3 is 0 Å². The molecule has 0 aliphatic carbocycles. The minimum absolute atomic E-state index is 0.0936. The Kier molecular flexibility index (Phi) is 4.00. The van der Waals surface area contributed by atoms with Crippen molar-refractivity contribution >= 4 is 40.3 Å². The summed E-state index contributed by atoms with van der Waals surface area (Å²) in [5.74, 6) is -1.55. The van der Waals surface area contributed by atoms with Gasteiger partial charge in [-0.3, -0.25) is 14.5 Å². The Bertz CT molecular complexity index is 750. The summed E-state index contributed by atoms with van der Waals surface area (Å²) in [4.78, 5) is 26.1. The normalized spacial score (nSPS) is 15.0. The first-order valence-electron chi connectivity index (χ1n) is 6.65. The van der Waals surface area contributed by atoms with Crippen LogP contribution in [-0.2, 0) is 16.0 Å². The molecule has 112 valence electrons. The van der Waals surface area contributed by atoms with Crippen LogP contribution in [0.15, 0.2) is 47.5 Å². The molecule has 4 nitrogen and oxygen atoms in total. The molecule has 0 spiro atoms. The van der Waals surface area contributed by atoms with Gasteiger partial charge in [-0.05, 0) is 35.6 Å². The first-order valence-corrected chi connectivity index (χ1v) is 7.91. The number of aliphatic hydroxyl groups excluding tert-OH is 1. The third-order valence-electron chi connectivity index (χ3n) is 3.45. The maximum Gasteiger partial charge on any atom is 0.296 e. The van der Waals surface area contributed by atoms with Crippen molar-refractivity contribution in [1.82, 2.24) is 4.90 Å². The van der Waals surface area contributed by atoms with Crippen molar-refractivity contribution in [2.75, 3.05) is 6.54 Å². The third kappa shape index (κ3) is 2.65. The van der Waals surface area contributed by atoms with Gasteiger partial charge in [-0.1, -0.05) is 29.8 Å². The smallest absolute Gasteiger partial charge is 0.296 e. The van der Waals surface area contributed by atoms with E-state index in [-0.39, 0.29) is 12.1 Å². The Morgan fingerprint density at radius 1 is 1.09 bits per heavy atom. The zero-order valence-corrected chi connectivity index (χ0v) is 13.0. The fourth-order valence-corrected chi connectivity index (χ4v) is 3.19. The molecule has 1 aliphatic rings. The van der Waals surface area contributed by atoms with E-state index in [0.717, 1.165) is 10.5 Å². The predicted molar refractivity (Wildman–Crippen MR) is 85.7 cm³/mol. The van der Waals surface area contributed by atoms with Gasteiger partial charge in [0, 0.05) is 16.4 Å². The lowest BCUT2D eigenvalue weighted by Gasteiger charge is -2.14. The van der Waals surface area contributed by atoms with Crippen molar-refractivity contribution in [3.8, 4) is 0 Å².